The lowest BCUT2D eigenvalue weighted by Crippen LogP contribution is -2.56. The highest BCUT2D eigenvalue weighted by molar-refractivity contribution is 6.30. The molecule has 10 nitrogen and oxygen atoms in total. The van der Waals surface area contributed by atoms with Crippen molar-refractivity contribution in [1.29, 1.82) is 0 Å². The van der Waals surface area contributed by atoms with E-state index in [1.54, 1.807) is 43.9 Å². The zero-order chi connectivity index (χ0) is 27.9. The number of carbonyl (C=O) groups is 4. The maximum Gasteiger partial charge on any atom is 0.408 e. The summed E-state index contributed by atoms with van der Waals surface area (Å²) < 4.78 is 10.7. The fraction of sp³-hybridized carbons (Fsp3) is 0.630. The molecule has 1 saturated heterocycles. The van der Waals surface area contributed by atoms with Crippen molar-refractivity contribution >= 4 is 35.5 Å². The quantitative estimate of drug-likeness (QED) is 0.424. The number of carbonyl (C=O) groups excluding carboxylic acids is 3. The number of alkyl carbamates (subject to hydrolysis) is 1. The van der Waals surface area contributed by atoms with Crippen LogP contribution in [0.4, 0.5) is 4.79 Å². The van der Waals surface area contributed by atoms with Crippen LogP contribution < -0.4 is 15.4 Å². The zero-order valence-electron chi connectivity index (χ0n) is 22.3. The summed E-state index contributed by atoms with van der Waals surface area (Å²) in [6, 6.07) is 3.28. The number of benzene rings is 1. The van der Waals surface area contributed by atoms with Gasteiger partial charge in [-0.15, -0.1) is 0 Å². The first-order valence-corrected chi connectivity index (χ1v) is 13.5. The van der Waals surface area contributed by atoms with E-state index in [1.807, 2.05) is 0 Å². The van der Waals surface area contributed by atoms with E-state index >= 15 is 0 Å². The molecule has 210 valence electrons. The number of hydrogen-bond donors (Lipinski definition) is 3. The number of carboxylic acid groups (broad SMARTS) is 1. The molecule has 1 aliphatic carbocycles. The van der Waals surface area contributed by atoms with Gasteiger partial charge in [0, 0.05) is 23.7 Å². The second-order valence-corrected chi connectivity index (χ2v) is 11.3. The van der Waals surface area contributed by atoms with Gasteiger partial charge in [0.15, 0.2) is 6.61 Å². The average molecular weight is 552 g/mol. The lowest BCUT2D eigenvalue weighted by atomic mass is 9.83. The Balaban J connectivity index is 1.70. The number of nitrogens with one attached hydrogen (secondary N) is 2. The van der Waals surface area contributed by atoms with Crippen molar-refractivity contribution in [3.63, 3.8) is 0 Å². The molecule has 2 fully saturated rings. The van der Waals surface area contributed by atoms with Crippen LogP contribution in [-0.2, 0) is 25.7 Å². The number of halogens is 1. The van der Waals surface area contributed by atoms with Gasteiger partial charge in [-0.05, 0) is 70.6 Å². The van der Waals surface area contributed by atoms with E-state index in [0.29, 0.717) is 35.7 Å². The van der Waals surface area contributed by atoms with E-state index in [9.17, 15) is 19.2 Å². The Bertz CT molecular complexity index is 1020. The van der Waals surface area contributed by atoms with Gasteiger partial charge >= 0.3 is 12.1 Å². The minimum atomic E-state index is -1.12. The normalized spacial score (nSPS) is 18.9. The zero-order valence-corrected chi connectivity index (χ0v) is 23.0. The van der Waals surface area contributed by atoms with E-state index in [0.717, 1.165) is 32.1 Å². The van der Waals surface area contributed by atoms with Crippen LogP contribution in [-0.4, -0.2) is 64.7 Å². The summed E-state index contributed by atoms with van der Waals surface area (Å²) in [5.74, 6) is -1.44. The second-order valence-electron chi connectivity index (χ2n) is 10.9. The minimum absolute atomic E-state index is 0.0199. The molecule has 11 heteroatoms. The molecule has 3 rings (SSSR count). The van der Waals surface area contributed by atoms with Crippen LogP contribution in [0.5, 0.6) is 5.75 Å². The molecule has 2 atom stereocenters. The van der Waals surface area contributed by atoms with Crippen LogP contribution in [0.2, 0.25) is 5.02 Å². The maximum atomic E-state index is 13.8. The van der Waals surface area contributed by atoms with Crippen molar-refractivity contribution in [1.82, 2.24) is 15.5 Å². The highest BCUT2D eigenvalue weighted by atomic mass is 35.5. The summed E-state index contributed by atoms with van der Waals surface area (Å²) in [4.78, 5) is 52.1. The van der Waals surface area contributed by atoms with Gasteiger partial charge in [-0.2, -0.15) is 0 Å². The van der Waals surface area contributed by atoms with E-state index < -0.39 is 36.4 Å². The molecule has 0 bridgehead atoms. The van der Waals surface area contributed by atoms with E-state index in [1.165, 1.54) is 0 Å². The van der Waals surface area contributed by atoms with E-state index in [2.05, 4.69) is 10.6 Å². The maximum absolute atomic E-state index is 13.8. The molecule has 1 aliphatic heterocycles. The summed E-state index contributed by atoms with van der Waals surface area (Å²) in [6.45, 7) is 5.24. The SMILES string of the molecule is CC(C)(C)OC(=O)NC(C(=O)N1CCCC1C(=O)NCc1cc(Cl)ccc1OCC(=O)O)C1CCCCC1. The molecule has 3 N–H and O–H groups in total. The van der Waals surface area contributed by atoms with Crippen molar-refractivity contribution < 1.29 is 33.8 Å². The molecule has 0 spiro atoms. The summed E-state index contributed by atoms with van der Waals surface area (Å²) in [7, 11) is 0. The van der Waals surface area contributed by atoms with Crippen molar-refractivity contribution in [2.24, 2.45) is 5.92 Å². The standard InChI is InChI=1S/C27H38ClN3O7/c1-27(2,3)38-26(36)30-23(17-8-5-4-6-9-17)25(35)31-13-7-10-20(31)24(34)29-15-18-14-19(28)11-12-21(18)37-16-22(32)33/h11-12,14,17,20,23H,4-10,13,15-16H2,1-3H3,(H,29,34)(H,30,36)(H,32,33). The predicted molar refractivity (Wildman–Crippen MR) is 141 cm³/mol. The van der Waals surface area contributed by atoms with Crippen molar-refractivity contribution in [3.05, 3.63) is 28.8 Å². The Morgan fingerprint density at radius 2 is 1.82 bits per heavy atom. The van der Waals surface area contributed by atoms with Gasteiger partial charge in [0.1, 0.15) is 23.4 Å². The Kier molecular flexibility index (Phi) is 10.2. The van der Waals surface area contributed by atoms with Crippen molar-refractivity contribution in [2.45, 2.75) is 89.9 Å². The Hall–Kier alpha value is -3.01. The average Bonchev–Trinajstić information content (AvgIpc) is 3.34. The van der Waals surface area contributed by atoms with Crippen molar-refractivity contribution in [2.75, 3.05) is 13.2 Å². The molecule has 1 aromatic carbocycles. The Morgan fingerprint density at radius 3 is 2.47 bits per heavy atom. The molecule has 2 unspecified atom stereocenters. The smallest absolute Gasteiger partial charge is 0.408 e. The highest BCUT2D eigenvalue weighted by Gasteiger charge is 2.41. The van der Waals surface area contributed by atoms with Gasteiger partial charge < -0.3 is 30.1 Å². The molecule has 2 aliphatic rings. The minimum Gasteiger partial charge on any atom is -0.482 e. The third-order valence-electron chi connectivity index (χ3n) is 6.72. The molecule has 0 radical (unpaired) electrons. The predicted octanol–water partition coefficient (Wildman–Crippen LogP) is 3.88. The number of amides is 3. The summed E-state index contributed by atoms with van der Waals surface area (Å²) >= 11 is 6.09. The molecular formula is C27H38ClN3O7. The molecule has 3 amide bonds. The Labute approximate surface area is 228 Å². The number of likely N-dealkylation sites (tertiary alicyclic amines) is 1. The fourth-order valence-electron chi connectivity index (χ4n) is 5.03. The van der Waals surface area contributed by atoms with Gasteiger partial charge in [0.25, 0.3) is 0 Å². The van der Waals surface area contributed by atoms with E-state index in [4.69, 9.17) is 26.2 Å². The molecule has 1 heterocycles. The van der Waals surface area contributed by atoms with Crippen LogP contribution in [0, 0.1) is 5.92 Å². The monoisotopic (exact) mass is 551 g/mol. The van der Waals surface area contributed by atoms with Crippen LogP contribution in [0.25, 0.3) is 0 Å². The van der Waals surface area contributed by atoms with Gasteiger partial charge in [-0.25, -0.2) is 9.59 Å². The first kappa shape index (κ1) is 29.5. The number of nitrogens with zero attached hydrogens (tertiary/aromatic N) is 1. The molecule has 1 aromatic rings. The summed E-state index contributed by atoms with van der Waals surface area (Å²) in [5.41, 5.74) is -0.178. The van der Waals surface area contributed by atoms with Crippen molar-refractivity contribution in [3.8, 4) is 5.75 Å². The number of aliphatic carboxylic acids is 1. The Morgan fingerprint density at radius 1 is 1.11 bits per heavy atom. The number of rotatable bonds is 9. The first-order chi connectivity index (χ1) is 17.9. The van der Waals surface area contributed by atoms with Gasteiger partial charge in [0.05, 0.1) is 0 Å². The molecular weight excluding hydrogens is 514 g/mol. The van der Waals surface area contributed by atoms with Crippen LogP contribution in [0.1, 0.15) is 71.3 Å². The van der Waals surface area contributed by atoms with Gasteiger partial charge in [0.2, 0.25) is 11.8 Å². The third kappa shape index (κ3) is 8.51. The molecule has 0 aromatic heterocycles. The van der Waals surface area contributed by atoms with Crippen LogP contribution >= 0.6 is 11.6 Å². The molecule has 38 heavy (non-hydrogen) atoms. The second kappa shape index (κ2) is 13.2. The largest absolute Gasteiger partial charge is 0.482 e. The summed E-state index contributed by atoms with van der Waals surface area (Å²) in [5, 5.41) is 15.0. The van der Waals surface area contributed by atoms with Gasteiger partial charge in [-0.3, -0.25) is 9.59 Å². The lowest BCUT2D eigenvalue weighted by molar-refractivity contribution is -0.141. The lowest BCUT2D eigenvalue weighted by Gasteiger charge is -2.35. The topological polar surface area (TPSA) is 134 Å². The third-order valence-corrected chi connectivity index (χ3v) is 6.96. The number of carboxylic acids is 1. The van der Waals surface area contributed by atoms with E-state index in [-0.39, 0.29) is 24.3 Å². The number of hydrogen-bond acceptors (Lipinski definition) is 6. The first-order valence-electron chi connectivity index (χ1n) is 13.2. The van der Waals surface area contributed by atoms with Crippen LogP contribution in [0.15, 0.2) is 18.2 Å². The highest BCUT2D eigenvalue weighted by Crippen LogP contribution is 2.30. The fourth-order valence-corrected chi connectivity index (χ4v) is 5.23. The number of ether oxygens (including phenoxy) is 2. The summed E-state index contributed by atoms with van der Waals surface area (Å²) in [6.07, 6.45) is 5.24. The van der Waals surface area contributed by atoms with Gasteiger partial charge in [-0.1, -0.05) is 30.9 Å². The van der Waals surface area contributed by atoms with Crippen LogP contribution in [0.3, 0.4) is 0 Å². The molecule has 1 saturated carbocycles.